The molecule has 2 rings (SSSR count). The molecule has 2 aromatic carbocycles. The van der Waals surface area contributed by atoms with Crippen molar-refractivity contribution in [1.82, 2.24) is 10.6 Å². The van der Waals surface area contributed by atoms with Gasteiger partial charge in [-0.1, -0.05) is 38.1 Å². The van der Waals surface area contributed by atoms with Crippen LogP contribution in [0.2, 0.25) is 0 Å². The van der Waals surface area contributed by atoms with Gasteiger partial charge in [-0.25, -0.2) is 17.8 Å². The Hall–Kier alpha value is -1.68. The van der Waals surface area contributed by atoms with Crippen molar-refractivity contribution in [2.45, 2.75) is 44.6 Å². The third-order valence-electron chi connectivity index (χ3n) is 4.73. The molecule has 0 aliphatic heterocycles. The lowest BCUT2D eigenvalue weighted by Gasteiger charge is -2.26. The zero-order valence-corrected chi connectivity index (χ0v) is 21.3. The van der Waals surface area contributed by atoms with Crippen molar-refractivity contribution in [2.24, 2.45) is 4.99 Å². The summed E-state index contributed by atoms with van der Waals surface area (Å²) in [6.07, 6.45) is 1.21. The number of sulfone groups is 1. The molecule has 8 heteroatoms. The van der Waals surface area contributed by atoms with Crippen LogP contribution in [0.3, 0.4) is 0 Å². The Labute approximate surface area is 196 Å². The first kappa shape index (κ1) is 26.4. The van der Waals surface area contributed by atoms with Crippen LogP contribution in [-0.2, 0) is 21.8 Å². The fraction of sp³-hybridized carbons (Fsp3) is 0.409. The average Bonchev–Trinajstić information content (AvgIpc) is 2.63. The van der Waals surface area contributed by atoms with Crippen LogP contribution in [0.25, 0.3) is 0 Å². The predicted octanol–water partition coefficient (Wildman–Crippen LogP) is 4.19. The van der Waals surface area contributed by atoms with Gasteiger partial charge in [0.2, 0.25) is 0 Å². The van der Waals surface area contributed by atoms with Crippen molar-refractivity contribution in [3.8, 4) is 0 Å². The molecule has 0 radical (unpaired) electrons. The van der Waals surface area contributed by atoms with Crippen LogP contribution in [0.4, 0.5) is 4.39 Å². The van der Waals surface area contributed by atoms with E-state index in [2.05, 4.69) is 29.5 Å². The Kier molecular flexibility index (Phi) is 9.74. The molecular formula is C22H31FIN3O2S. The molecule has 0 aromatic heterocycles. The number of rotatable bonds is 7. The highest BCUT2D eigenvalue weighted by molar-refractivity contribution is 14.0. The normalized spacial score (nSPS) is 12.3. The first-order valence-electron chi connectivity index (χ1n) is 9.61. The molecule has 30 heavy (non-hydrogen) atoms. The van der Waals surface area contributed by atoms with Crippen LogP contribution in [0.15, 0.2) is 52.4 Å². The number of benzene rings is 2. The summed E-state index contributed by atoms with van der Waals surface area (Å²) in [6, 6.07) is 11.8. The molecule has 0 amide bonds. The molecule has 166 valence electrons. The Balaban J connectivity index is 0.00000450. The third-order valence-corrected chi connectivity index (χ3v) is 5.98. The fourth-order valence-electron chi connectivity index (χ4n) is 3.05. The molecular weight excluding hydrogens is 516 g/mol. The van der Waals surface area contributed by atoms with E-state index in [4.69, 9.17) is 0 Å². The second kappa shape index (κ2) is 11.1. The minimum Gasteiger partial charge on any atom is -0.357 e. The van der Waals surface area contributed by atoms with Crippen molar-refractivity contribution in [3.05, 3.63) is 65.0 Å². The van der Waals surface area contributed by atoms with Crippen LogP contribution in [0.1, 0.15) is 37.5 Å². The summed E-state index contributed by atoms with van der Waals surface area (Å²) >= 11 is 0. The number of nitrogens with zero attached hydrogens (tertiary/aromatic N) is 1. The molecule has 0 heterocycles. The minimum absolute atomic E-state index is 0. The van der Waals surface area contributed by atoms with Gasteiger partial charge >= 0.3 is 0 Å². The smallest absolute Gasteiger partial charge is 0.191 e. The standard InChI is InChI=1S/C22H30FN3O2S.HI/c1-6-24-21(26-15-22(3,4)18-8-10-19(23)11-9-18)25-14-17-7-12-20(16(2)13-17)29(5,27)28;/h7-13H,6,14-15H2,1-5H3,(H2,24,25,26);1H. The van der Waals surface area contributed by atoms with Crippen LogP contribution in [0, 0.1) is 12.7 Å². The van der Waals surface area contributed by atoms with E-state index >= 15 is 0 Å². The average molecular weight is 547 g/mol. The molecule has 0 saturated heterocycles. The van der Waals surface area contributed by atoms with E-state index in [1.54, 1.807) is 31.2 Å². The molecule has 2 aromatic rings. The van der Waals surface area contributed by atoms with Crippen molar-refractivity contribution >= 4 is 39.8 Å². The number of hydrogen-bond donors (Lipinski definition) is 2. The summed E-state index contributed by atoms with van der Waals surface area (Å²) in [5.74, 6) is 0.428. The van der Waals surface area contributed by atoms with Crippen LogP contribution in [-0.4, -0.2) is 33.7 Å². The number of halogens is 2. The number of hydrogen-bond acceptors (Lipinski definition) is 3. The molecule has 0 aliphatic carbocycles. The van der Waals surface area contributed by atoms with Gasteiger partial charge in [-0.15, -0.1) is 24.0 Å². The lowest BCUT2D eigenvalue weighted by atomic mass is 9.84. The second-order valence-electron chi connectivity index (χ2n) is 7.81. The lowest BCUT2D eigenvalue weighted by molar-refractivity contribution is 0.507. The summed E-state index contributed by atoms with van der Waals surface area (Å²) in [4.78, 5) is 4.96. The molecule has 2 N–H and O–H groups in total. The van der Waals surface area contributed by atoms with E-state index in [1.807, 2.05) is 13.0 Å². The highest BCUT2D eigenvalue weighted by Gasteiger charge is 2.21. The van der Waals surface area contributed by atoms with Crippen LogP contribution >= 0.6 is 24.0 Å². The van der Waals surface area contributed by atoms with Crippen molar-refractivity contribution < 1.29 is 12.8 Å². The highest BCUT2D eigenvalue weighted by atomic mass is 127. The summed E-state index contributed by atoms with van der Waals surface area (Å²) in [5.41, 5.74) is 2.48. The summed E-state index contributed by atoms with van der Waals surface area (Å²) in [6.45, 7) is 9.72. The van der Waals surface area contributed by atoms with E-state index in [-0.39, 0.29) is 35.2 Å². The molecule has 0 unspecified atom stereocenters. The van der Waals surface area contributed by atoms with E-state index in [1.165, 1.54) is 18.4 Å². The van der Waals surface area contributed by atoms with E-state index in [0.29, 0.717) is 23.9 Å². The Morgan fingerprint density at radius 3 is 2.27 bits per heavy atom. The largest absolute Gasteiger partial charge is 0.357 e. The topological polar surface area (TPSA) is 70.6 Å². The van der Waals surface area contributed by atoms with Crippen molar-refractivity contribution in [3.63, 3.8) is 0 Å². The monoisotopic (exact) mass is 547 g/mol. The number of aliphatic imine (C=N–C) groups is 1. The van der Waals surface area contributed by atoms with Gasteiger partial charge in [-0.05, 0) is 48.7 Å². The predicted molar refractivity (Wildman–Crippen MR) is 132 cm³/mol. The molecule has 0 saturated carbocycles. The molecule has 0 bridgehead atoms. The van der Waals surface area contributed by atoms with E-state index in [9.17, 15) is 12.8 Å². The zero-order chi connectivity index (χ0) is 21.7. The lowest BCUT2D eigenvalue weighted by Crippen LogP contribution is -2.43. The fourth-order valence-corrected chi connectivity index (χ4v) is 4.00. The minimum atomic E-state index is -3.23. The van der Waals surface area contributed by atoms with Gasteiger partial charge in [0.15, 0.2) is 15.8 Å². The van der Waals surface area contributed by atoms with Gasteiger partial charge in [-0.3, -0.25) is 0 Å². The summed E-state index contributed by atoms with van der Waals surface area (Å²) in [7, 11) is -3.23. The van der Waals surface area contributed by atoms with Gasteiger partial charge in [0.1, 0.15) is 5.82 Å². The number of aryl methyl sites for hydroxylation is 1. The molecule has 0 atom stereocenters. The number of guanidine groups is 1. The second-order valence-corrected chi connectivity index (χ2v) is 9.80. The van der Waals surface area contributed by atoms with Gasteiger partial charge in [0.05, 0.1) is 11.4 Å². The quantitative estimate of drug-likeness (QED) is 0.310. The first-order valence-corrected chi connectivity index (χ1v) is 11.5. The SMILES string of the molecule is CCNC(=NCc1ccc(S(C)(=O)=O)c(C)c1)NCC(C)(C)c1ccc(F)cc1.I. The molecule has 0 aliphatic rings. The maximum Gasteiger partial charge on any atom is 0.191 e. The first-order chi connectivity index (χ1) is 13.5. The maximum atomic E-state index is 13.2. The Morgan fingerprint density at radius 1 is 1.10 bits per heavy atom. The van der Waals surface area contributed by atoms with Gasteiger partial charge in [-0.2, -0.15) is 0 Å². The van der Waals surface area contributed by atoms with Crippen molar-refractivity contribution in [1.29, 1.82) is 0 Å². The highest BCUT2D eigenvalue weighted by Crippen LogP contribution is 2.22. The van der Waals surface area contributed by atoms with Crippen molar-refractivity contribution in [2.75, 3.05) is 19.3 Å². The number of nitrogens with one attached hydrogen (secondary N) is 2. The van der Waals surface area contributed by atoms with Crippen LogP contribution < -0.4 is 10.6 Å². The van der Waals surface area contributed by atoms with E-state index < -0.39 is 9.84 Å². The molecule has 0 fully saturated rings. The van der Waals surface area contributed by atoms with Gasteiger partial charge in [0, 0.05) is 24.8 Å². The Bertz CT molecular complexity index is 974. The van der Waals surface area contributed by atoms with Gasteiger partial charge < -0.3 is 10.6 Å². The van der Waals surface area contributed by atoms with Crippen LogP contribution in [0.5, 0.6) is 0 Å². The molecule has 5 nitrogen and oxygen atoms in total. The maximum absolute atomic E-state index is 13.2. The summed E-state index contributed by atoms with van der Waals surface area (Å²) < 4.78 is 36.7. The van der Waals surface area contributed by atoms with Gasteiger partial charge in [0.25, 0.3) is 0 Å². The zero-order valence-electron chi connectivity index (χ0n) is 18.1. The van der Waals surface area contributed by atoms with E-state index in [0.717, 1.165) is 23.2 Å². The third kappa shape index (κ3) is 7.54. The summed E-state index contributed by atoms with van der Waals surface area (Å²) in [5, 5.41) is 6.56. The Morgan fingerprint density at radius 2 is 1.73 bits per heavy atom. The molecule has 0 spiro atoms.